The van der Waals surface area contributed by atoms with Gasteiger partial charge >= 0.3 is 0 Å². The standard InChI is InChI=1S/C72H72N4/c1-45(2)18-8-9-21-50-35-38-58-56-36-34-51-44-49(40-42-71(51,4)59(56)41-43-70(50,58)3)46-30-32-48(33-31-46)68-73-67(47-19-6-5-7-20-47)74-69(75-68)76-64-29-17-13-24-54(64)55-37-39-63-65(66(55)76)57-25-12-16-28-62(57)72(63)60-26-14-10-22-52(60)53-23-11-15-27-61(53)72/h5-7,10-17,19-20,22-33,37,39,45,49-51,56,58-59H,8-9,18,21,34-36,38,40-44H2,1-4H3/t49?,50-,51?,56-,58-,59-,70+,71-/m0/s1. The third-order valence-corrected chi connectivity index (χ3v) is 21.7. The van der Waals surface area contributed by atoms with Crippen LogP contribution in [0, 0.1) is 46.3 Å². The molecule has 8 atom stereocenters. The number of rotatable bonds is 9. The molecule has 1 spiro atoms. The van der Waals surface area contributed by atoms with Gasteiger partial charge in [-0.25, -0.2) is 4.98 Å². The van der Waals surface area contributed by atoms with Crippen molar-refractivity contribution in [3.05, 3.63) is 192 Å². The second kappa shape index (κ2) is 17.7. The van der Waals surface area contributed by atoms with Crippen LogP contribution in [0.3, 0.4) is 0 Å². The van der Waals surface area contributed by atoms with E-state index in [2.05, 4.69) is 196 Å². The van der Waals surface area contributed by atoms with Gasteiger partial charge < -0.3 is 0 Å². The van der Waals surface area contributed by atoms with Gasteiger partial charge in [0.05, 0.1) is 16.4 Å². The molecule has 4 nitrogen and oxygen atoms in total. The van der Waals surface area contributed by atoms with Crippen molar-refractivity contribution in [1.29, 1.82) is 0 Å². The van der Waals surface area contributed by atoms with Crippen molar-refractivity contribution in [3.8, 4) is 51.0 Å². The molecule has 0 saturated heterocycles. The highest BCUT2D eigenvalue weighted by atomic mass is 15.2. The zero-order valence-electron chi connectivity index (χ0n) is 45.1. The number of hydrogen-bond acceptors (Lipinski definition) is 3. The van der Waals surface area contributed by atoms with Crippen LogP contribution in [0.25, 0.3) is 72.8 Å². The molecular formula is C72H72N4. The summed E-state index contributed by atoms with van der Waals surface area (Å²) in [4.78, 5) is 16.3. The summed E-state index contributed by atoms with van der Waals surface area (Å²) < 4.78 is 2.36. The van der Waals surface area contributed by atoms with Gasteiger partial charge in [-0.05, 0) is 167 Å². The number of aromatic nitrogens is 4. The number of unbranched alkanes of at least 4 members (excludes halogenated alkanes) is 1. The van der Waals surface area contributed by atoms with E-state index in [1.807, 2.05) is 0 Å². The van der Waals surface area contributed by atoms with E-state index in [9.17, 15) is 0 Å². The predicted octanol–water partition coefficient (Wildman–Crippen LogP) is 18.6. The molecule has 4 saturated carbocycles. The monoisotopic (exact) mass is 993 g/mol. The molecule has 15 rings (SSSR count). The van der Waals surface area contributed by atoms with Crippen LogP contribution in [-0.4, -0.2) is 19.5 Å². The molecular weight excluding hydrogens is 921 g/mol. The Morgan fingerprint density at radius 1 is 0.526 bits per heavy atom. The maximum Gasteiger partial charge on any atom is 0.238 e. The Morgan fingerprint density at radius 3 is 1.89 bits per heavy atom. The maximum atomic E-state index is 5.56. The second-order valence-corrected chi connectivity index (χ2v) is 25.5. The summed E-state index contributed by atoms with van der Waals surface area (Å²) in [6.07, 6.45) is 18.6. The Morgan fingerprint density at radius 2 is 1.16 bits per heavy atom. The fraction of sp³-hybridized carbons (Fsp3) is 0.375. The highest BCUT2D eigenvalue weighted by Crippen LogP contribution is 2.69. The first-order valence-electron chi connectivity index (χ1n) is 29.5. The summed E-state index contributed by atoms with van der Waals surface area (Å²) in [5.74, 6) is 8.03. The zero-order valence-corrected chi connectivity index (χ0v) is 45.1. The van der Waals surface area contributed by atoms with Crippen LogP contribution in [0.1, 0.15) is 145 Å². The summed E-state index contributed by atoms with van der Waals surface area (Å²) in [6.45, 7) is 10.3. The maximum absolute atomic E-state index is 5.56. The third-order valence-electron chi connectivity index (χ3n) is 21.7. The number of benzene rings is 7. The van der Waals surface area contributed by atoms with E-state index in [1.165, 1.54) is 144 Å². The summed E-state index contributed by atoms with van der Waals surface area (Å²) in [6, 6.07) is 60.9. The topological polar surface area (TPSA) is 43.6 Å². The molecule has 0 bridgehead atoms. The fourth-order valence-electron chi connectivity index (χ4n) is 18.1. The van der Waals surface area contributed by atoms with E-state index < -0.39 is 5.41 Å². The van der Waals surface area contributed by atoms with E-state index in [1.54, 1.807) is 0 Å². The van der Waals surface area contributed by atoms with Crippen LogP contribution < -0.4 is 0 Å². The lowest BCUT2D eigenvalue weighted by atomic mass is 9.44. The first kappa shape index (κ1) is 46.6. The Kier molecular flexibility index (Phi) is 10.9. The molecule has 0 radical (unpaired) electrons. The average molecular weight is 993 g/mol. The molecule has 6 aliphatic carbocycles. The van der Waals surface area contributed by atoms with Crippen molar-refractivity contribution in [1.82, 2.24) is 19.5 Å². The molecule has 0 aliphatic heterocycles. The van der Waals surface area contributed by atoms with Crippen LogP contribution in [-0.2, 0) is 5.41 Å². The Balaban J connectivity index is 0.785. The zero-order chi connectivity index (χ0) is 50.9. The highest BCUT2D eigenvalue weighted by molar-refractivity contribution is 6.16. The van der Waals surface area contributed by atoms with E-state index in [0.717, 1.165) is 57.7 Å². The average Bonchev–Trinajstić information content (AvgIpc) is 4.18. The van der Waals surface area contributed by atoms with E-state index in [0.29, 0.717) is 34.3 Å². The van der Waals surface area contributed by atoms with Crippen LogP contribution in [0.5, 0.6) is 0 Å². The van der Waals surface area contributed by atoms with Crippen LogP contribution >= 0.6 is 0 Å². The van der Waals surface area contributed by atoms with E-state index in [4.69, 9.17) is 15.0 Å². The minimum atomic E-state index is -0.462. The fourth-order valence-corrected chi connectivity index (χ4v) is 18.1. The first-order chi connectivity index (χ1) is 37.2. The lowest BCUT2D eigenvalue weighted by Gasteiger charge is -2.61. The molecule has 4 fully saturated rings. The van der Waals surface area contributed by atoms with Crippen LogP contribution in [0.2, 0.25) is 0 Å². The number of hydrogen-bond donors (Lipinski definition) is 0. The molecule has 9 aromatic rings. The molecule has 2 aromatic heterocycles. The smallest absolute Gasteiger partial charge is 0.238 e. The van der Waals surface area contributed by atoms with Crippen molar-refractivity contribution < 1.29 is 0 Å². The van der Waals surface area contributed by atoms with Crippen molar-refractivity contribution in [3.63, 3.8) is 0 Å². The summed E-state index contributed by atoms with van der Waals surface area (Å²) in [7, 11) is 0. The predicted molar refractivity (Wildman–Crippen MR) is 313 cm³/mol. The van der Waals surface area contributed by atoms with Gasteiger partial charge in [-0.2, -0.15) is 9.97 Å². The Hall–Kier alpha value is -6.65. The molecule has 380 valence electrons. The molecule has 2 heterocycles. The van der Waals surface area contributed by atoms with Gasteiger partial charge in [0.25, 0.3) is 0 Å². The third kappa shape index (κ3) is 6.77. The number of fused-ring (bicyclic) bond motifs is 19. The first-order valence-corrected chi connectivity index (χ1v) is 29.5. The van der Waals surface area contributed by atoms with Gasteiger partial charge in [0.1, 0.15) is 0 Å². The number of para-hydroxylation sites is 1. The lowest BCUT2D eigenvalue weighted by molar-refractivity contribution is -0.114. The molecule has 0 N–H and O–H groups in total. The molecule has 2 unspecified atom stereocenters. The van der Waals surface area contributed by atoms with Crippen molar-refractivity contribution in [2.45, 2.75) is 122 Å². The quantitative estimate of drug-likeness (QED) is 0.135. The van der Waals surface area contributed by atoms with Crippen molar-refractivity contribution >= 4 is 21.8 Å². The van der Waals surface area contributed by atoms with Gasteiger partial charge in [-0.3, -0.25) is 4.57 Å². The summed E-state index contributed by atoms with van der Waals surface area (Å²) in [5, 5.41) is 2.38. The molecule has 4 heteroatoms. The van der Waals surface area contributed by atoms with E-state index in [-0.39, 0.29) is 0 Å². The normalized spacial score (nSPS) is 26.5. The van der Waals surface area contributed by atoms with E-state index >= 15 is 0 Å². The van der Waals surface area contributed by atoms with Gasteiger partial charge in [0.15, 0.2) is 11.6 Å². The SMILES string of the molecule is CC(C)CCCC[C@H]1CC[C@H]2[C@@H]3CCC4CC(c5ccc(-c6nc(-c7ccccc7)nc(-n7c8ccccc8c8ccc9c(c87)-c7ccccc7C97c8ccccc8-c8ccccc87)n6)cc5)CC[C@]4(C)[C@H]3CC[C@]12C. The summed E-state index contributed by atoms with van der Waals surface area (Å²) in [5.41, 5.74) is 16.7. The molecule has 7 aromatic carbocycles. The van der Waals surface area contributed by atoms with Gasteiger partial charge in [0, 0.05) is 27.5 Å². The lowest BCUT2D eigenvalue weighted by Crippen LogP contribution is -2.53. The van der Waals surface area contributed by atoms with Gasteiger partial charge in [0.2, 0.25) is 5.95 Å². The molecule has 76 heavy (non-hydrogen) atoms. The van der Waals surface area contributed by atoms with Gasteiger partial charge in [-0.1, -0.05) is 205 Å². The largest absolute Gasteiger partial charge is 0.277 e. The summed E-state index contributed by atoms with van der Waals surface area (Å²) >= 11 is 0. The Labute approximate surface area is 450 Å². The number of nitrogens with zero attached hydrogens (tertiary/aromatic N) is 4. The minimum Gasteiger partial charge on any atom is -0.277 e. The van der Waals surface area contributed by atoms with Crippen LogP contribution in [0.4, 0.5) is 0 Å². The second-order valence-electron chi connectivity index (χ2n) is 25.5. The minimum absolute atomic E-state index is 0.462. The Bertz CT molecular complexity index is 3670. The molecule has 0 amide bonds. The van der Waals surface area contributed by atoms with Gasteiger partial charge in [-0.15, -0.1) is 0 Å². The van der Waals surface area contributed by atoms with Crippen molar-refractivity contribution in [2.75, 3.05) is 0 Å². The molecule has 6 aliphatic rings. The van der Waals surface area contributed by atoms with Crippen LogP contribution in [0.15, 0.2) is 164 Å². The highest BCUT2D eigenvalue weighted by Gasteiger charge is 2.60. The van der Waals surface area contributed by atoms with Crippen molar-refractivity contribution in [2.24, 2.45) is 46.3 Å².